The zero-order valence-electron chi connectivity index (χ0n) is 21.1. The fraction of sp³-hybridized carbons (Fsp3) is 0.423. The number of hydrogen-bond acceptors (Lipinski definition) is 6. The molecule has 0 aliphatic rings. The van der Waals surface area contributed by atoms with Crippen molar-refractivity contribution in [3.63, 3.8) is 0 Å². The maximum atomic E-state index is 13.3. The topological polar surface area (TPSA) is 189 Å². The summed E-state index contributed by atoms with van der Waals surface area (Å²) in [5, 5.41) is 25.5. The first-order valence-corrected chi connectivity index (χ1v) is 11.9. The maximum absolute atomic E-state index is 13.3. The van der Waals surface area contributed by atoms with Crippen molar-refractivity contribution in [2.45, 2.75) is 64.3 Å². The fourth-order valence-corrected chi connectivity index (χ4v) is 4.17. The average Bonchev–Trinajstić information content (AvgIpc) is 2.79. The van der Waals surface area contributed by atoms with Crippen molar-refractivity contribution in [1.82, 2.24) is 10.6 Å². The van der Waals surface area contributed by atoms with Gasteiger partial charge in [-0.15, -0.1) is 0 Å². The van der Waals surface area contributed by atoms with Crippen LogP contribution in [0, 0.1) is 13.8 Å². The van der Waals surface area contributed by atoms with E-state index in [0.717, 1.165) is 22.3 Å². The van der Waals surface area contributed by atoms with Crippen molar-refractivity contribution in [2.75, 3.05) is 6.54 Å². The zero-order chi connectivity index (χ0) is 26.9. The summed E-state index contributed by atoms with van der Waals surface area (Å²) in [6.07, 6.45) is 0.259. The first kappa shape index (κ1) is 28.6. The molecule has 0 heterocycles. The Morgan fingerprint density at radius 1 is 1.08 bits per heavy atom. The third-order valence-electron chi connectivity index (χ3n) is 5.89. The summed E-state index contributed by atoms with van der Waals surface area (Å²) in [6, 6.07) is 11.6. The first-order valence-electron chi connectivity index (χ1n) is 11.9. The summed E-state index contributed by atoms with van der Waals surface area (Å²) >= 11 is 0. The molecule has 2 unspecified atom stereocenters. The van der Waals surface area contributed by atoms with E-state index in [9.17, 15) is 19.8 Å². The first-order chi connectivity index (χ1) is 17.0. The van der Waals surface area contributed by atoms with Crippen LogP contribution < -0.4 is 27.8 Å². The highest BCUT2D eigenvalue weighted by Crippen LogP contribution is 2.22. The second kappa shape index (κ2) is 12.9. The molecule has 196 valence electrons. The van der Waals surface area contributed by atoms with E-state index in [4.69, 9.17) is 17.2 Å². The summed E-state index contributed by atoms with van der Waals surface area (Å²) in [4.78, 5) is 30.5. The van der Waals surface area contributed by atoms with Gasteiger partial charge in [0.05, 0.1) is 12.1 Å². The molecule has 0 aromatic heterocycles. The van der Waals surface area contributed by atoms with Gasteiger partial charge in [-0.25, -0.2) is 4.99 Å². The van der Waals surface area contributed by atoms with E-state index in [1.165, 1.54) is 0 Å². The largest absolute Gasteiger partial charge is 0.508 e. The van der Waals surface area contributed by atoms with E-state index in [1.807, 2.05) is 51.1 Å². The summed E-state index contributed by atoms with van der Waals surface area (Å²) in [7, 11) is 0. The number of phenols is 1. The van der Waals surface area contributed by atoms with Crippen molar-refractivity contribution in [2.24, 2.45) is 22.2 Å². The molecule has 0 aliphatic heterocycles. The lowest BCUT2D eigenvalue weighted by atomic mass is 9.95. The Morgan fingerprint density at radius 2 is 1.69 bits per heavy atom. The van der Waals surface area contributed by atoms with Crippen molar-refractivity contribution >= 4 is 17.8 Å². The van der Waals surface area contributed by atoms with Crippen LogP contribution in [0.2, 0.25) is 0 Å². The second-order valence-corrected chi connectivity index (χ2v) is 9.06. The van der Waals surface area contributed by atoms with Gasteiger partial charge in [-0.1, -0.05) is 43.7 Å². The molecule has 10 heteroatoms. The third kappa shape index (κ3) is 7.96. The molecule has 0 bridgehead atoms. The molecule has 0 spiro atoms. The Balaban J connectivity index is 2.18. The summed E-state index contributed by atoms with van der Waals surface area (Å²) in [5.41, 5.74) is 19.0. The minimum absolute atomic E-state index is 0.0625. The van der Waals surface area contributed by atoms with Gasteiger partial charge in [0.1, 0.15) is 5.75 Å². The SMILES string of the molecule is CCC[C@@](N=C(N)N)(NC(=O)C(N)Cc1c(C)cc(O)cc1C)C(=O)NCC(O)Cc1ccccc1. The number of carbonyl (C=O) groups is 2. The molecule has 0 aliphatic carbocycles. The number of phenolic OH excluding ortho intramolecular Hbond substituents is 1. The van der Waals surface area contributed by atoms with Gasteiger partial charge in [0, 0.05) is 19.4 Å². The minimum atomic E-state index is -1.78. The molecule has 10 nitrogen and oxygen atoms in total. The van der Waals surface area contributed by atoms with E-state index in [1.54, 1.807) is 12.1 Å². The number of aliphatic hydroxyl groups excluding tert-OH is 1. The Bertz CT molecular complexity index is 1050. The van der Waals surface area contributed by atoms with E-state index in [0.29, 0.717) is 12.8 Å². The summed E-state index contributed by atoms with van der Waals surface area (Å²) in [5.74, 6) is -1.50. The number of guanidine groups is 1. The third-order valence-corrected chi connectivity index (χ3v) is 5.89. The predicted molar refractivity (Wildman–Crippen MR) is 140 cm³/mol. The number of amides is 2. The van der Waals surface area contributed by atoms with Crippen molar-refractivity contribution in [3.05, 3.63) is 64.7 Å². The molecule has 10 N–H and O–H groups in total. The van der Waals surface area contributed by atoms with Crippen LogP contribution in [-0.2, 0) is 22.4 Å². The van der Waals surface area contributed by atoms with E-state index in [-0.39, 0.29) is 31.1 Å². The molecular weight excluding hydrogens is 460 g/mol. The molecule has 2 amide bonds. The molecule has 0 radical (unpaired) electrons. The average molecular weight is 499 g/mol. The number of carbonyl (C=O) groups excluding carboxylic acids is 2. The minimum Gasteiger partial charge on any atom is -0.508 e. The van der Waals surface area contributed by atoms with Crippen LogP contribution in [0.25, 0.3) is 0 Å². The molecule has 2 aromatic rings. The normalized spacial score (nSPS) is 14.2. The van der Waals surface area contributed by atoms with E-state index in [2.05, 4.69) is 15.6 Å². The van der Waals surface area contributed by atoms with Crippen LogP contribution >= 0.6 is 0 Å². The molecule has 2 aromatic carbocycles. The van der Waals surface area contributed by atoms with Crippen LogP contribution in [0.5, 0.6) is 5.75 Å². The highest BCUT2D eigenvalue weighted by atomic mass is 16.3. The monoisotopic (exact) mass is 498 g/mol. The van der Waals surface area contributed by atoms with Crippen molar-refractivity contribution < 1.29 is 19.8 Å². The number of nitrogens with zero attached hydrogens (tertiary/aromatic N) is 1. The number of hydrogen-bond donors (Lipinski definition) is 7. The van der Waals surface area contributed by atoms with Crippen LogP contribution in [0.4, 0.5) is 0 Å². The maximum Gasteiger partial charge on any atom is 0.268 e. The Hall–Kier alpha value is -3.63. The number of aliphatic imine (C=N–C) groups is 1. The lowest BCUT2D eigenvalue weighted by Gasteiger charge is -2.31. The number of rotatable bonds is 12. The number of aliphatic hydroxyl groups is 1. The van der Waals surface area contributed by atoms with Gasteiger partial charge in [-0.2, -0.15) is 0 Å². The molecule has 3 atom stereocenters. The summed E-state index contributed by atoms with van der Waals surface area (Å²) < 4.78 is 0. The number of aryl methyl sites for hydroxylation is 2. The lowest BCUT2D eigenvalue weighted by Crippen LogP contribution is -2.62. The van der Waals surface area contributed by atoms with Gasteiger partial charge in [0.15, 0.2) is 5.96 Å². The van der Waals surface area contributed by atoms with Gasteiger partial charge in [-0.05, 0) is 54.7 Å². The zero-order valence-corrected chi connectivity index (χ0v) is 21.1. The predicted octanol–water partition coefficient (Wildman–Crippen LogP) is 0.485. The molecule has 36 heavy (non-hydrogen) atoms. The smallest absolute Gasteiger partial charge is 0.268 e. The van der Waals surface area contributed by atoms with Crippen LogP contribution in [0.1, 0.15) is 42.0 Å². The molecule has 0 saturated carbocycles. The Labute approximate surface area is 212 Å². The van der Waals surface area contributed by atoms with E-state index >= 15 is 0 Å². The van der Waals surface area contributed by atoms with Gasteiger partial charge in [0.2, 0.25) is 11.6 Å². The Morgan fingerprint density at radius 3 is 2.25 bits per heavy atom. The highest BCUT2D eigenvalue weighted by molar-refractivity contribution is 5.95. The number of benzene rings is 2. The molecule has 0 fully saturated rings. The van der Waals surface area contributed by atoms with Crippen LogP contribution in [0.15, 0.2) is 47.5 Å². The molecule has 0 saturated heterocycles. The summed E-state index contributed by atoms with van der Waals surface area (Å²) in [6.45, 7) is 5.40. The van der Waals surface area contributed by atoms with Gasteiger partial charge < -0.3 is 38.0 Å². The van der Waals surface area contributed by atoms with Gasteiger partial charge in [-0.3, -0.25) is 9.59 Å². The van der Waals surface area contributed by atoms with E-state index < -0.39 is 29.6 Å². The number of aromatic hydroxyl groups is 1. The van der Waals surface area contributed by atoms with Gasteiger partial charge >= 0.3 is 0 Å². The fourth-order valence-electron chi connectivity index (χ4n) is 4.17. The van der Waals surface area contributed by atoms with Crippen LogP contribution in [-0.4, -0.2) is 52.3 Å². The van der Waals surface area contributed by atoms with Crippen molar-refractivity contribution in [1.29, 1.82) is 0 Å². The second-order valence-electron chi connectivity index (χ2n) is 9.06. The standard InChI is InChI=1S/C26H38N6O4/c1-4-10-26(32-25(28)29,24(36)30-15-20(34)13-18-8-6-5-7-9-18)31-23(35)22(27)14-21-16(2)11-19(33)12-17(21)3/h5-9,11-12,20,22,33-34H,4,10,13-15,27H2,1-3H3,(H,30,36)(H,31,35)(H4,28,29,32)/t20?,22?,26-/m0/s1. The molecular formula is C26H38N6O4. The molecule has 2 rings (SSSR count). The van der Waals surface area contributed by atoms with Crippen LogP contribution in [0.3, 0.4) is 0 Å². The Kier molecular flexibility index (Phi) is 10.2. The highest BCUT2D eigenvalue weighted by Gasteiger charge is 2.40. The van der Waals surface area contributed by atoms with Gasteiger partial charge in [0.25, 0.3) is 5.91 Å². The quantitative estimate of drug-likeness (QED) is 0.164. The number of nitrogens with one attached hydrogen (secondary N) is 2. The van der Waals surface area contributed by atoms with Crippen molar-refractivity contribution in [3.8, 4) is 5.75 Å². The number of nitrogens with two attached hydrogens (primary N) is 3. The lowest BCUT2D eigenvalue weighted by molar-refractivity contribution is -0.134.